The third-order valence-corrected chi connectivity index (χ3v) is 2.47. The number of carbonyl (C=O) groups excluding carboxylic acids is 1. The van der Waals surface area contributed by atoms with Crippen molar-refractivity contribution < 1.29 is 9.63 Å². The second-order valence-corrected chi connectivity index (χ2v) is 3.50. The second kappa shape index (κ2) is 5.30. The van der Waals surface area contributed by atoms with Gasteiger partial charge in [-0.3, -0.25) is 0 Å². The van der Waals surface area contributed by atoms with E-state index >= 15 is 0 Å². The topological polar surface area (TPSA) is 103 Å². The van der Waals surface area contributed by atoms with Gasteiger partial charge in [-0.15, -0.1) is 11.3 Å². The van der Waals surface area contributed by atoms with Gasteiger partial charge in [0.25, 0.3) is 0 Å². The molecule has 1 aromatic heterocycles. The van der Waals surface area contributed by atoms with E-state index in [4.69, 9.17) is 11.7 Å². The van der Waals surface area contributed by atoms with Crippen LogP contribution in [0.2, 0.25) is 0 Å². The van der Waals surface area contributed by atoms with Gasteiger partial charge in [-0.2, -0.15) is 11.0 Å². The summed E-state index contributed by atoms with van der Waals surface area (Å²) in [4.78, 5) is 16.1. The Hall–Kier alpha value is -1.47. The van der Waals surface area contributed by atoms with Crippen LogP contribution >= 0.6 is 11.3 Å². The fraction of sp³-hybridized carbons (Fsp3) is 0.286. The Balaban J connectivity index is 2.65. The first kappa shape index (κ1) is 10.6. The minimum absolute atomic E-state index is 0.397. The van der Waals surface area contributed by atoms with Crippen LogP contribution in [-0.2, 0) is 16.1 Å². The maximum Gasteiger partial charge on any atom is 0.351 e. The summed E-state index contributed by atoms with van der Waals surface area (Å²) < 4.78 is 0. The van der Waals surface area contributed by atoms with Gasteiger partial charge < -0.3 is 10.7 Å². The van der Waals surface area contributed by atoms with Crippen molar-refractivity contribution in [3.8, 4) is 0 Å². The van der Waals surface area contributed by atoms with Crippen LogP contribution in [0.5, 0.6) is 0 Å². The largest absolute Gasteiger partial charge is 0.372 e. The molecule has 0 radical (unpaired) electrons. The maximum atomic E-state index is 11.1. The van der Waals surface area contributed by atoms with Crippen LogP contribution in [-0.4, -0.2) is 12.0 Å². The first-order chi connectivity index (χ1) is 6.77. The van der Waals surface area contributed by atoms with Gasteiger partial charge in [0.1, 0.15) is 0 Å². The summed E-state index contributed by atoms with van der Waals surface area (Å²) in [7, 11) is 0. The Kier molecular flexibility index (Phi) is 4.02. The Morgan fingerprint density at radius 3 is 3.00 bits per heavy atom. The van der Waals surface area contributed by atoms with E-state index in [1.165, 1.54) is 11.3 Å². The monoisotopic (exact) mass is 214 g/mol. The number of hydrogen-bond donors (Lipinski definition) is 2. The molecule has 0 saturated carbocycles. The molecular formula is C7H10N4O2S. The van der Waals surface area contributed by atoms with Gasteiger partial charge in [0.15, 0.2) is 6.04 Å². The van der Waals surface area contributed by atoms with E-state index in [0.29, 0.717) is 6.42 Å². The minimum atomic E-state index is -0.761. The number of hydrogen-bond acceptors (Lipinski definition) is 6. The molecule has 0 bridgehead atoms. The van der Waals surface area contributed by atoms with Crippen molar-refractivity contribution in [2.75, 3.05) is 0 Å². The third kappa shape index (κ3) is 2.79. The number of nitrogens with zero attached hydrogens (tertiary/aromatic N) is 2. The summed E-state index contributed by atoms with van der Waals surface area (Å²) >= 11 is 1.51. The number of carbonyl (C=O) groups is 1. The summed E-state index contributed by atoms with van der Waals surface area (Å²) in [6, 6.07) is 3.00. The highest BCUT2D eigenvalue weighted by Gasteiger charge is 2.20. The summed E-state index contributed by atoms with van der Waals surface area (Å²) in [6.45, 7) is 0. The van der Waals surface area contributed by atoms with Gasteiger partial charge >= 0.3 is 5.97 Å². The normalized spacial score (nSPS) is 12.9. The van der Waals surface area contributed by atoms with Gasteiger partial charge in [0.2, 0.25) is 0 Å². The van der Waals surface area contributed by atoms with E-state index in [2.05, 4.69) is 15.2 Å². The molecule has 4 N–H and O–H groups in total. The molecule has 0 spiro atoms. The lowest BCUT2D eigenvalue weighted by Gasteiger charge is -2.05. The van der Waals surface area contributed by atoms with Crippen LogP contribution in [0.1, 0.15) is 4.88 Å². The van der Waals surface area contributed by atoms with E-state index in [1.54, 1.807) is 0 Å². The highest BCUT2D eigenvalue weighted by Crippen LogP contribution is 2.13. The molecule has 7 heteroatoms. The number of thiophene rings is 1. The second-order valence-electron chi connectivity index (χ2n) is 2.47. The van der Waals surface area contributed by atoms with Gasteiger partial charge in [-0.25, -0.2) is 4.79 Å². The lowest BCUT2D eigenvalue weighted by Crippen LogP contribution is -2.26. The summed E-state index contributed by atoms with van der Waals surface area (Å²) in [6.07, 6.45) is 0.397. The van der Waals surface area contributed by atoms with Gasteiger partial charge in [0, 0.05) is 11.3 Å². The molecule has 0 aliphatic heterocycles. The Morgan fingerprint density at radius 1 is 1.71 bits per heavy atom. The summed E-state index contributed by atoms with van der Waals surface area (Å²) in [5, 5.41) is 8.49. The third-order valence-electron chi connectivity index (χ3n) is 1.57. The fourth-order valence-electron chi connectivity index (χ4n) is 0.950. The van der Waals surface area contributed by atoms with Crippen molar-refractivity contribution in [1.82, 2.24) is 0 Å². The molecule has 14 heavy (non-hydrogen) atoms. The molecule has 76 valence electrons. The van der Waals surface area contributed by atoms with Crippen LogP contribution in [0, 0.1) is 0 Å². The molecule has 1 atom stereocenters. The molecule has 0 amide bonds. The zero-order valence-corrected chi connectivity index (χ0v) is 8.11. The van der Waals surface area contributed by atoms with Crippen molar-refractivity contribution in [2.24, 2.45) is 22.1 Å². The van der Waals surface area contributed by atoms with Crippen LogP contribution < -0.4 is 11.7 Å². The molecule has 6 nitrogen and oxygen atoms in total. The highest BCUT2D eigenvalue weighted by molar-refractivity contribution is 7.09. The molecule has 0 unspecified atom stereocenters. The SMILES string of the molecule is NN=N[C@@H](Cc1cccs1)C(=O)ON. The van der Waals surface area contributed by atoms with Crippen LogP contribution in [0.15, 0.2) is 27.9 Å². The number of rotatable bonds is 4. The van der Waals surface area contributed by atoms with Crippen molar-refractivity contribution >= 4 is 17.3 Å². The molecule has 0 aromatic carbocycles. The van der Waals surface area contributed by atoms with Gasteiger partial charge in [-0.05, 0) is 11.4 Å². The molecule has 1 aromatic rings. The minimum Gasteiger partial charge on any atom is -0.372 e. The standard InChI is InChI=1S/C7H10N4O2S/c8-11-10-6(7(12)13-9)4-5-2-1-3-14-5/h1-3,6H,4,9H2,(H2,8,10)/t6-/m0/s1. The van der Waals surface area contributed by atoms with Crippen molar-refractivity contribution in [2.45, 2.75) is 12.5 Å². The van der Waals surface area contributed by atoms with Gasteiger partial charge in [-0.1, -0.05) is 11.3 Å². The molecule has 0 saturated heterocycles. The molecule has 1 rings (SSSR count). The fourth-order valence-corrected chi connectivity index (χ4v) is 1.69. The molecule has 1 heterocycles. The Morgan fingerprint density at radius 2 is 2.50 bits per heavy atom. The van der Waals surface area contributed by atoms with E-state index < -0.39 is 12.0 Å². The Bertz CT molecular complexity index is 311. The van der Waals surface area contributed by atoms with Crippen molar-refractivity contribution in [3.05, 3.63) is 22.4 Å². The molecule has 0 aliphatic carbocycles. The van der Waals surface area contributed by atoms with E-state index in [9.17, 15) is 4.79 Å². The quantitative estimate of drug-likeness (QED) is 0.430. The van der Waals surface area contributed by atoms with E-state index in [1.807, 2.05) is 17.5 Å². The average molecular weight is 214 g/mol. The molecular weight excluding hydrogens is 204 g/mol. The lowest BCUT2D eigenvalue weighted by molar-refractivity contribution is -0.145. The molecule has 0 aliphatic rings. The average Bonchev–Trinajstić information content (AvgIpc) is 2.68. The smallest absolute Gasteiger partial charge is 0.351 e. The zero-order chi connectivity index (χ0) is 10.4. The van der Waals surface area contributed by atoms with Crippen LogP contribution in [0.4, 0.5) is 0 Å². The van der Waals surface area contributed by atoms with E-state index in [-0.39, 0.29) is 0 Å². The Labute approximate surface area is 84.5 Å². The predicted octanol–water partition coefficient (Wildman–Crippen LogP) is 0.402. The number of nitrogens with two attached hydrogens (primary N) is 2. The lowest BCUT2D eigenvalue weighted by atomic mass is 10.2. The van der Waals surface area contributed by atoms with Gasteiger partial charge in [0.05, 0.1) is 0 Å². The van der Waals surface area contributed by atoms with Crippen LogP contribution in [0.3, 0.4) is 0 Å². The van der Waals surface area contributed by atoms with Crippen molar-refractivity contribution in [3.63, 3.8) is 0 Å². The molecule has 0 fully saturated rings. The first-order valence-electron chi connectivity index (χ1n) is 3.81. The summed E-state index contributed by atoms with van der Waals surface area (Å²) in [5.74, 6) is 8.96. The predicted molar refractivity (Wildman–Crippen MR) is 51.1 cm³/mol. The first-order valence-corrected chi connectivity index (χ1v) is 4.69. The zero-order valence-electron chi connectivity index (χ0n) is 7.29. The highest BCUT2D eigenvalue weighted by atomic mass is 32.1. The van der Waals surface area contributed by atoms with Crippen LogP contribution in [0.25, 0.3) is 0 Å². The van der Waals surface area contributed by atoms with E-state index in [0.717, 1.165) is 4.88 Å². The summed E-state index contributed by atoms with van der Waals surface area (Å²) in [5.41, 5.74) is 0. The van der Waals surface area contributed by atoms with Crippen molar-refractivity contribution in [1.29, 1.82) is 0 Å². The maximum absolute atomic E-state index is 11.1.